The molecule has 1 aromatic rings. The number of rotatable bonds is 0. The molecule has 0 aromatic carbocycles. The van der Waals surface area contributed by atoms with Gasteiger partial charge in [0.05, 0.1) is 5.01 Å². The second-order valence-corrected chi connectivity index (χ2v) is 5.84. The van der Waals surface area contributed by atoms with E-state index in [1.165, 1.54) is 9.88 Å². The molecular formula is C8H12INS. The minimum absolute atomic E-state index is 0.207. The van der Waals surface area contributed by atoms with Crippen LogP contribution in [0.4, 0.5) is 0 Å². The molecule has 0 radical (unpaired) electrons. The number of aromatic nitrogens is 1. The van der Waals surface area contributed by atoms with Gasteiger partial charge in [0.25, 0.3) is 0 Å². The summed E-state index contributed by atoms with van der Waals surface area (Å²) >= 11 is 4.09. The van der Waals surface area contributed by atoms with Crippen molar-refractivity contribution in [2.45, 2.75) is 33.1 Å². The Labute approximate surface area is 85.4 Å². The van der Waals surface area contributed by atoms with Gasteiger partial charge in [0.1, 0.15) is 3.70 Å². The fraction of sp³-hybridized carbons (Fsp3) is 0.625. The molecule has 0 N–H and O–H groups in total. The minimum atomic E-state index is 0.207. The topological polar surface area (TPSA) is 12.9 Å². The zero-order valence-electron chi connectivity index (χ0n) is 7.23. The second kappa shape index (κ2) is 3.01. The molecule has 1 aromatic heterocycles. The Bertz CT molecular complexity index is 240. The molecule has 0 saturated heterocycles. The van der Waals surface area contributed by atoms with Crippen molar-refractivity contribution in [2.24, 2.45) is 0 Å². The number of thiazole rings is 1. The smallest absolute Gasteiger partial charge is 0.115 e. The lowest BCUT2D eigenvalue weighted by Crippen LogP contribution is -2.10. The first-order valence-electron chi connectivity index (χ1n) is 3.54. The fourth-order valence-corrected chi connectivity index (χ4v) is 2.30. The van der Waals surface area contributed by atoms with E-state index in [0.717, 1.165) is 3.70 Å². The standard InChI is InChI=1S/C8H12INS/c1-5-6(9)10-7(11-5)8(2,3)4/h1-4H3. The Morgan fingerprint density at radius 2 is 1.91 bits per heavy atom. The van der Waals surface area contributed by atoms with Crippen LogP contribution in [-0.2, 0) is 5.41 Å². The van der Waals surface area contributed by atoms with Crippen LogP contribution in [-0.4, -0.2) is 4.98 Å². The first kappa shape index (κ1) is 9.45. The Balaban J connectivity index is 3.08. The predicted molar refractivity (Wildman–Crippen MR) is 58.3 cm³/mol. The Morgan fingerprint density at radius 1 is 1.36 bits per heavy atom. The van der Waals surface area contributed by atoms with E-state index >= 15 is 0 Å². The van der Waals surface area contributed by atoms with Crippen molar-refractivity contribution >= 4 is 33.9 Å². The summed E-state index contributed by atoms with van der Waals surface area (Å²) in [5, 5.41) is 1.24. The van der Waals surface area contributed by atoms with E-state index in [2.05, 4.69) is 55.3 Å². The SMILES string of the molecule is Cc1sc(C(C)(C)C)nc1I. The highest BCUT2D eigenvalue weighted by atomic mass is 127. The van der Waals surface area contributed by atoms with Gasteiger partial charge < -0.3 is 0 Å². The van der Waals surface area contributed by atoms with Crippen molar-refractivity contribution in [1.82, 2.24) is 4.98 Å². The normalized spacial score (nSPS) is 12.1. The van der Waals surface area contributed by atoms with E-state index in [-0.39, 0.29) is 5.41 Å². The molecule has 1 rings (SSSR count). The van der Waals surface area contributed by atoms with E-state index in [9.17, 15) is 0 Å². The summed E-state index contributed by atoms with van der Waals surface area (Å²) in [6.45, 7) is 8.71. The van der Waals surface area contributed by atoms with Crippen LogP contribution in [0.1, 0.15) is 30.7 Å². The van der Waals surface area contributed by atoms with Gasteiger partial charge in [-0.15, -0.1) is 11.3 Å². The number of hydrogen-bond acceptors (Lipinski definition) is 2. The summed E-state index contributed by atoms with van der Waals surface area (Å²) in [4.78, 5) is 5.82. The van der Waals surface area contributed by atoms with Gasteiger partial charge in [-0.3, -0.25) is 0 Å². The summed E-state index contributed by atoms with van der Waals surface area (Å²) in [7, 11) is 0. The molecule has 3 heteroatoms. The predicted octanol–water partition coefficient (Wildman–Crippen LogP) is 3.35. The molecular weight excluding hydrogens is 269 g/mol. The minimum Gasteiger partial charge on any atom is -0.234 e. The van der Waals surface area contributed by atoms with E-state index in [1.807, 2.05) is 0 Å². The molecule has 0 aliphatic rings. The molecule has 62 valence electrons. The van der Waals surface area contributed by atoms with Gasteiger partial charge in [0.2, 0.25) is 0 Å². The molecule has 0 aliphatic carbocycles. The lowest BCUT2D eigenvalue weighted by atomic mass is 9.98. The Hall–Kier alpha value is 0.360. The van der Waals surface area contributed by atoms with E-state index in [4.69, 9.17) is 0 Å². The molecule has 0 aliphatic heterocycles. The average Bonchev–Trinajstić information content (AvgIpc) is 2.11. The zero-order chi connectivity index (χ0) is 8.65. The summed E-state index contributed by atoms with van der Waals surface area (Å²) in [5.41, 5.74) is 0.207. The highest BCUT2D eigenvalue weighted by Gasteiger charge is 2.18. The highest BCUT2D eigenvalue weighted by Crippen LogP contribution is 2.29. The molecule has 0 fully saturated rings. The molecule has 0 bridgehead atoms. The summed E-state index contributed by atoms with van der Waals surface area (Å²) in [6.07, 6.45) is 0. The van der Waals surface area contributed by atoms with Crippen molar-refractivity contribution in [2.75, 3.05) is 0 Å². The summed E-state index contributed by atoms with van der Waals surface area (Å²) < 4.78 is 1.15. The molecule has 11 heavy (non-hydrogen) atoms. The average molecular weight is 281 g/mol. The van der Waals surface area contributed by atoms with Crippen molar-refractivity contribution in [3.05, 3.63) is 13.6 Å². The number of aryl methyl sites for hydroxylation is 1. The van der Waals surface area contributed by atoms with E-state index < -0.39 is 0 Å². The number of hydrogen-bond donors (Lipinski definition) is 0. The van der Waals surface area contributed by atoms with Crippen LogP contribution in [0.15, 0.2) is 0 Å². The van der Waals surface area contributed by atoms with Gasteiger partial charge >= 0.3 is 0 Å². The molecule has 0 saturated carbocycles. The zero-order valence-corrected chi connectivity index (χ0v) is 10.2. The van der Waals surface area contributed by atoms with Crippen molar-refractivity contribution in [3.63, 3.8) is 0 Å². The largest absolute Gasteiger partial charge is 0.234 e. The quantitative estimate of drug-likeness (QED) is 0.664. The summed E-state index contributed by atoms with van der Waals surface area (Å²) in [5.74, 6) is 0. The van der Waals surface area contributed by atoms with Gasteiger partial charge in [-0.05, 0) is 29.5 Å². The third-order valence-corrected chi connectivity index (χ3v) is 4.19. The van der Waals surface area contributed by atoms with Crippen LogP contribution in [0.25, 0.3) is 0 Å². The van der Waals surface area contributed by atoms with E-state index in [1.54, 1.807) is 11.3 Å². The second-order valence-electron chi connectivity index (χ2n) is 3.62. The maximum Gasteiger partial charge on any atom is 0.115 e. The third kappa shape index (κ3) is 2.15. The maximum atomic E-state index is 4.49. The number of nitrogens with zero attached hydrogens (tertiary/aromatic N) is 1. The van der Waals surface area contributed by atoms with Crippen LogP contribution < -0.4 is 0 Å². The lowest BCUT2D eigenvalue weighted by Gasteiger charge is -2.13. The molecule has 1 nitrogen and oxygen atoms in total. The fourth-order valence-electron chi connectivity index (χ4n) is 0.699. The van der Waals surface area contributed by atoms with Crippen LogP contribution in [0.5, 0.6) is 0 Å². The van der Waals surface area contributed by atoms with Gasteiger partial charge in [-0.25, -0.2) is 4.98 Å². The molecule has 0 unspecified atom stereocenters. The lowest BCUT2D eigenvalue weighted by molar-refractivity contribution is 0.584. The van der Waals surface area contributed by atoms with E-state index in [0.29, 0.717) is 0 Å². The maximum absolute atomic E-state index is 4.49. The van der Waals surface area contributed by atoms with Crippen LogP contribution in [0.2, 0.25) is 0 Å². The van der Waals surface area contributed by atoms with Crippen molar-refractivity contribution in [3.8, 4) is 0 Å². The van der Waals surface area contributed by atoms with Crippen molar-refractivity contribution in [1.29, 1.82) is 0 Å². The Morgan fingerprint density at radius 3 is 2.09 bits per heavy atom. The Kier molecular flexibility index (Phi) is 2.59. The van der Waals surface area contributed by atoms with Crippen LogP contribution >= 0.6 is 33.9 Å². The van der Waals surface area contributed by atoms with Crippen molar-refractivity contribution < 1.29 is 0 Å². The van der Waals surface area contributed by atoms with Gasteiger partial charge in [0.15, 0.2) is 0 Å². The monoisotopic (exact) mass is 281 g/mol. The van der Waals surface area contributed by atoms with Crippen LogP contribution in [0, 0.1) is 10.6 Å². The summed E-state index contributed by atoms with van der Waals surface area (Å²) in [6, 6.07) is 0. The first-order valence-corrected chi connectivity index (χ1v) is 5.44. The molecule has 0 spiro atoms. The number of halogens is 1. The third-order valence-electron chi connectivity index (χ3n) is 1.38. The van der Waals surface area contributed by atoms with Gasteiger partial charge in [-0.2, -0.15) is 0 Å². The molecule has 0 amide bonds. The first-order chi connectivity index (χ1) is 4.91. The van der Waals surface area contributed by atoms with Gasteiger partial charge in [0, 0.05) is 10.3 Å². The van der Waals surface area contributed by atoms with Crippen LogP contribution in [0.3, 0.4) is 0 Å². The van der Waals surface area contributed by atoms with Gasteiger partial charge in [-0.1, -0.05) is 20.8 Å². The highest BCUT2D eigenvalue weighted by molar-refractivity contribution is 14.1. The molecule has 0 atom stereocenters. The molecule has 1 heterocycles.